The SMILES string of the molecule is [C-]#[N+]c1c(-c2ccc(C(=O)c3cccc(Cl)c3)cc2)c(C(=O)O)n(C)c1CC. The van der Waals surface area contributed by atoms with Gasteiger partial charge in [-0.15, -0.1) is 0 Å². The number of carbonyl (C=O) groups excluding carboxylic acids is 1. The number of ketones is 1. The maximum Gasteiger partial charge on any atom is 0.351 e. The number of hydrogen-bond acceptors (Lipinski definition) is 2. The summed E-state index contributed by atoms with van der Waals surface area (Å²) in [4.78, 5) is 28.0. The molecule has 0 fully saturated rings. The summed E-state index contributed by atoms with van der Waals surface area (Å²) in [6, 6.07) is 13.3. The molecule has 0 atom stereocenters. The van der Waals surface area contributed by atoms with Crippen molar-refractivity contribution in [1.82, 2.24) is 4.57 Å². The summed E-state index contributed by atoms with van der Waals surface area (Å²) in [6.07, 6.45) is 0.541. The van der Waals surface area contributed by atoms with Crippen molar-refractivity contribution in [3.63, 3.8) is 0 Å². The molecule has 0 aliphatic heterocycles. The molecule has 3 aromatic rings. The van der Waals surface area contributed by atoms with E-state index in [2.05, 4.69) is 4.85 Å². The Hall–Kier alpha value is -3.36. The Morgan fingerprint density at radius 1 is 1.14 bits per heavy atom. The molecule has 0 spiro atoms. The normalized spacial score (nSPS) is 10.5. The van der Waals surface area contributed by atoms with Crippen LogP contribution >= 0.6 is 11.6 Å². The minimum atomic E-state index is -1.10. The molecule has 5 nitrogen and oxygen atoms in total. The standard InChI is InChI=1S/C22H17ClN2O3/c1-4-17-19(24-2)18(20(22(27)28)25(17)3)13-8-10-14(11-9-13)21(26)15-6-5-7-16(23)12-15/h5-12H,4H2,1,3H3,(H,27,28). The van der Waals surface area contributed by atoms with E-state index in [4.69, 9.17) is 18.2 Å². The Labute approximate surface area is 167 Å². The van der Waals surface area contributed by atoms with Gasteiger partial charge in [0.05, 0.1) is 6.57 Å². The average molecular weight is 393 g/mol. The van der Waals surface area contributed by atoms with E-state index in [0.717, 1.165) is 0 Å². The van der Waals surface area contributed by atoms with E-state index in [1.165, 1.54) is 0 Å². The van der Waals surface area contributed by atoms with Crippen LogP contribution < -0.4 is 0 Å². The summed E-state index contributed by atoms with van der Waals surface area (Å²) in [7, 11) is 1.65. The molecule has 0 saturated heterocycles. The van der Waals surface area contributed by atoms with Gasteiger partial charge in [-0.1, -0.05) is 54.9 Å². The first-order valence-electron chi connectivity index (χ1n) is 8.62. The fourth-order valence-electron chi connectivity index (χ4n) is 3.35. The molecule has 28 heavy (non-hydrogen) atoms. The second-order valence-corrected chi connectivity index (χ2v) is 6.70. The molecule has 140 valence electrons. The Balaban J connectivity index is 2.09. The summed E-state index contributed by atoms with van der Waals surface area (Å²) in [5.41, 5.74) is 2.96. The summed E-state index contributed by atoms with van der Waals surface area (Å²) in [5, 5.41) is 10.1. The number of aromatic nitrogens is 1. The number of halogens is 1. The number of carboxylic acids is 1. The molecular weight excluding hydrogens is 376 g/mol. The zero-order valence-electron chi connectivity index (χ0n) is 15.4. The van der Waals surface area contributed by atoms with Gasteiger partial charge in [0.2, 0.25) is 5.69 Å². The topological polar surface area (TPSA) is 63.7 Å². The van der Waals surface area contributed by atoms with E-state index in [-0.39, 0.29) is 11.5 Å². The van der Waals surface area contributed by atoms with Crippen molar-refractivity contribution >= 4 is 29.0 Å². The smallest absolute Gasteiger partial charge is 0.351 e. The van der Waals surface area contributed by atoms with Gasteiger partial charge >= 0.3 is 5.97 Å². The molecular formula is C22H17ClN2O3. The first-order chi connectivity index (χ1) is 13.4. The molecule has 0 bridgehead atoms. The van der Waals surface area contributed by atoms with Gasteiger partial charge in [-0.3, -0.25) is 4.79 Å². The summed E-state index contributed by atoms with van der Waals surface area (Å²) in [6.45, 7) is 9.41. The van der Waals surface area contributed by atoms with Crippen LogP contribution in [0.3, 0.4) is 0 Å². The lowest BCUT2D eigenvalue weighted by Gasteiger charge is -2.07. The highest BCUT2D eigenvalue weighted by Gasteiger charge is 2.25. The summed E-state index contributed by atoms with van der Waals surface area (Å²) < 4.78 is 1.55. The molecule has 6 heteroatoms. The monoisotopic (exact) mass is 392 g/mol. The highest BCUT2D eigenvalue weighted by Crippen LogP contribution is 2.39. The molecule has 0 unspecified atom stereocenters. The maximum atomic E-state index is 12.6. The van der Waals surface area contributed by atoms with Crippen molar-refractivity contribution in [2.24, 2.45) is 7.05 Å². The molecule has 3 rings (SSSR count). The van der Waals surface area contributed by atoms with Gasteiger partial charge in [-0.25, -0.2) is 9.64 Å². The molecule has 0 aliphatic carbocycles. The molecule has 1 aromatic heterocycles. The van der Waals surface area contributed by atoms with Crippen molar-refractivity contribution in [2.45, 2.75) is 13.3 Å². The largest absolute Gasteiger partial charge is 0.477 e. The van der Waals surface area contributed by atoms with Crippen LogP contribution in [0.4, 0.5) is 5.69 Å². The molecule has 0 aliphatic rings. The fraction of sp³-hybridized carbons (Fsp3) is 0.136. The molecule has 0 radical (unpaired) electrons. The van der Waals surface area contributed by atoms with Crippen LogP contribution in [0.2, 0.25) is 5.02 Å². The third-order valence-electron chi connectivity index (χ3n) is 4.66. The second kappa shape index (κ2) is 7.71. The van der Waals surface area contributed by atoms with Crippen LogP contribution in [-0.4, -0.2) is 21.4 Å². The van der Waals surface area contributed by atoms with Gasteiger partial charge in [-0.05, 0) is 24.1 Å². The number of benzene rings is 2. The number of rotatable bonds is 5. The van der Waals surface area contributed by atoms with E-state index in [0.29, 0.717) is 45.1 Å². The minimum Gasteiger partial charge on any atom is -0.477 e. The van der Waals surface area contributed by atoms with Gasteiger partial charge < -0.3 is 9.67 Å². The number of nitrogens with zero attached hydrogens (tertiary/aromatic N) is 2. The minimum absolute atomic E-state index is 0.0665. The lowest BCUT2D eigenvalue weighted by atomic mass is 9.98. The summed E-state index contributed by atoms with van der Waals surface area (Å²) in [5.74, 6) is -1.28. The second-order valence-electron chi connectivity index (χ2n) is 6.27. The summed E-state index contributed by atoms with van der Waals surface area (Å²) >= 11 is 5.95. The lowest BCUT2D eigenvalue weighted by Crippen LogP contribution is -2.07. The van der Waals surface area contributed by atoms with E-state index >= 15 is 0 Å². The van der Waals surface area contributed by atoms with Gasteiger partial charge in [0.15, 0.2) is 5.78 Å². The molecule has 0 saturated carbocycles. The zero-order valence-corrected chi connectivity index (χ0v) is 16.1. The van der Waals surface area contributed by atoms with Crippen molar-refractivity contribution in [3.05, 3.63) is 87.5 Å². The van der Waals surface area contributed by atoms with E-state index in [9.17, 15) is 14.7 Å². The van der Waals surface area contributed by atoms with Crippen LogP contribution in [0, 0.1) is 6.57 Å². The quantitative estimate of drug-likeness (QED) is 0.467. The molecule has 2 aromatic carbocycles. The first-order valence-corrected chi connectivity index (χ1v) is 8.99. The van der Waals surface area contributed by atoms with Crippen LogP contribution in [-0.2, 0) is 13.5 Å². The lowest BCUT2D eigenvalue weighted by molar-refractivity contribution is 0.0687. The molecule has 1 N–H and O–H groups in total. The van der Waals surface area contributed by atoms with Crippen molar-refractivity contribution in [3.8, 4) is 11.1 Å². The van der Waals surface area contributed by atoms with Crippen LogP contribution in [0.15, 0.2) is 48.5 Å². The third kappa shape index (κ3) is 3.30. The van der Waals surface area contributed by atoms with E-state index in [1.54, 1.807) is 60.1 Å². The van der Waals surface area contributed by atoms with E-state index < -0.39 is 5.97 Å². The van der Waals surface area contributed by atoms with Gasteiger partial charge in [-0.2, -0.15) is 0 Å². The Kier molecular flexibility index (Phi) is 5.34. The van der Waals surface area contributed by atoms with Gasteiger partial charge in [0.1, 0.15) is 5.69 Å². The third-order valence-corrected chi connectivity index (χ3v) is 4.89. The number of hydrogen-bond donors (Lipinski definition) is 1. The van der Waals surface area contributed by atoms with Gasteiger partial charge in [0.25, 0.3) is 0 Å². The van der Waals surface area contributed by atoms with E-state index in [1.807, 2.05) is 6.92 Å². The van der Waals surface area contributed by atoms with Gasteiger partial charge in [0, 0.05) is 34.5 Å². The highest BCUT2D eigenvalue weighted by atomic mass is 35.5. The first kappa shape index (κ1) is 19.4. The van der Waals surface area contributed by atoms with Crippen molar-refractivity contribution in [2.75, 3.05) is 0 Å². The van der Waals surface area contributed by atoms with Crippen LogP contribution in [0.1, 0.15) is 39.0 Å². The Morgan fingerprint density at radius 3 is 2.36 bits per heavy atom. The fourth-order valence-corrected chi connectivity index (χ4v) is 3.54. The number of carboxylic acid groups (broad SMARTS) is 1. The Bertz CT molecular complexity index is 1120. The molecule has 1 heterocycles. The average Bonchev–Trinajstić information content (AvgIpc) is 2.99. The number of aromatic carboxylic acids is 1. The van der Waals surface area contributed by atoms with Crippen molar-refractivity contribution < 1.29 is 14.7 Å². The number of carbonyl (C=O) groups is 2. The van der Waals surface area contributed by atoms with Crippen LogP contribution in [0.25, 0.3) is 16.0 Å². The predicted octanol–water partition coefficient (Wildman–Crippen LogP) is 5.39. The highest BCUT2D eigenvalue weighted by molar-refractivity contribution is 6.31. The maximum absolute atomic E-state index is 12.6. The predicted molar refractivity (Wildman–Crippen MR) is 108 cm³/mol. The van der Waals surface area contributed by atoms with Crippen LogP contribution in [0.5, 0.6) is 0 Å². The molecule has 0 amide bonds. The Morgan fingerprint density at radius 2 is 1.82 bits per heavy atom. The zero-order chi connectivity index (χ0) is 20.4. The van der Waals surface area contributed by atoms with Crippen molar-refractivity contribution in [1.29, 1.82) is 0 Å².